The molecule has 1 aromatic rings. The number of piperidine rings is 1. The SMILES string of the molecule is CC1CCN(Cc2ccccc2)CC1(F)F. The lowest BCUT2D eigenvalue weighted by molar-refractivity contribution is -0.106. The van der Waals surface area contributed by atoms with Crippen LogP contribution in [0, 0.1) is 5.92 Å². The first-order valence-electron chi connectivity index (χ1n) is 5.72. The Morgan fingerprint density at radius 3 is 2.62 bits per heavy atom. The molecule has 1 atom stereocenters. The molecule has 0 bridgehead atoms. The predicted molar refractivity (Wildman–Crippen MR) is 60.4 cm³/mol. The summed E-state index contributed by atoms with van der Waals surface area (Å²) in [5.74, 6) is -3.02. The molecule has 1 saturated heterocycles. The molecule has 1 aliphatic heterocycles. The van der Waals surface area contributed by atoms with Crippen LogP contribution in [0.3, 0.4) is 0 Å². The van der Waals surface area contributed by atoms with Crippen LogP contribution in [-0.2, 0) is 6.54 Å². The van der Waals surface area contributed by atoms with Gasteiger partial charge in [-0.25, -0.2) is 8.78 Å². The van der Waals surface area contributed by atoms with Crippen molar-refractivity contribution >= 4 is 0 Å². The van der Waals surface area contributed by atoms with Crippen molar-refractivity contribution in [1.82, 2.24) is 4.90 Å². The number of hydrogen-bond acceptors (Lipinski definition) is 1. The molecule has 0 N–H and O–H groups in total. The second-order valence-corrected chi connectivity index (χ2v) is 4.65. The van der Waals surface area contributed by atoms with E-state index in [1.54, 1.807) is 6.92 Å². The zero-order chi connectivity index (χ0) is 11.6. The third-order valence-corrected chi connectivity index (χ3v) is 3.28. The lowest BCUT2D eigenvalue weighted by Gasteiger charge is -2.36. The van der Waals surface area contributed by atoms with Gasteiger partial charge in [0, 0.05) is 12.5 Å². The number of rotatable bonds is 2. The quantitative estimate of drug-likeness (QED) is 0.747. The van der Waals surface area contributed by atoms with Gasteiger partial charge >= 0.3 is 0 Å². The molecule has 0 aromatic heterocycles. The molecule has 1 nitrogen and oxygen atoms in total. The first kappa shape index (κ1) is 11.5. The maximum Gasteiger partial charge on any atom is 0.263 e. The minimum absolute atomic E-state index is 0.108. The Labute approximate surface area is 95.1 Å². The van der Waals surface area contributed by atoms with E-state index < -0.39 is 11.8 Å². The maximum absolute atomic E-state index is 13.5. The third kappa shape index (κ3) is 2.59. The van der Waals surface area contributed by atoms with Gasteiger partial charge in [-0.3, -0.25) is 4.90 Å². The summed E-state index contributed by atoms with van der Waals surface area (Å²) in [6.07, 6.45) is 0.583. The Hall–Kier alpha value is -0.960. The Kier molecular flexibility index (Phi) is 3.24. The van der Waals surface area contributed by atoms with Crippen molar-refractivity contribution in [3.8, 4) is 0 Å². The normalized spacial score (nSPS) is 25.6. The van der Waals surface area contributed by atoms with Gasteiger partial charge in [0.25, 0.3) is 5.92 Å². The van der Waals surface area contributed by atoms with Gasteiger partial charge < -0.3 is 0 Å². The summed E-state index contributed by atoms with van der Waals surface area (Å²) < 4.78 is 27.0. The van der Waals surface area contributed by atoms with Crippen LogP contribution in [0.5, 0.6) is 0 Å². The van der Waals surface area contributed by atoms with E-state index in [1.165, 1.54) is 0 Å². The highest BCUT2D eigenvalue weighted by molar-refractivity contribution is 5.14. The van der Waals surface area contributed by atoms with Crippen molar-refractivity contribution < 1.29 is 8.78 Å². The maximum atomic E-state index is 13.5. The first-order chi connectivity index (χ1) is 7.58. The molecule has 0 amide bonds. The Balaban J connectivity index is 1.97. The van der Waals surface area contributed by atoms with Crippen LogP contribution in [0.15, 0.2) is 30.3 Å². The molecule has 16 heavy (non-hydrogen) atoms. The van der Waals surface area contributed by atoms with Crippen molar-refractivity contribution in [2.45, 2.75) is 25.8 Å². The van der Waals surface area contributed by atoms with Crippen LogP contribution in [0.4, 0.5) is 8.78 Å². The van der Waals surface area contributed by atoms with E-state index in [4.69, 9.17) is 0 Å². The smallest absolute Gasteiger partial charge is 0.263 e. The van der Waals surface area contributed by atoms with E-state index in [0.29, 0.717) is 13.0 Å². The van der Waals surface area contributed by atoms with E-state index in [9.17, 15) is 8.78 Å². The molecule has 0 radical (unpaired) electrons. The number of alkyl halides is 2. The second kappa shape index (κ2) is 4.50. The van der Waals surface area contributed by atoms with E-state index >= 15 is 0 Å². The molecule has 0 saturated carbocycles. The summed E-state index contributed by atoms with van der Waals surface area (Å²) >= 11 is 0. The highest BCUT2D eigenvalue weighted by Crippen LogP contribution is 2.32. The molecule has 0 spiro atoms. The second-order valence-electron chi connectivity index (χ2n) is 4.65. The number of hydrogen-bond donors (Lipinski definition) is 0. The fraction of sp³-hybridized carbons (Fsp3) is 0.538. The standard InChI is InChI=1S/C13H17F2N/c1-11-7-8-16(10-13(11,14)15)9-12-5-3-2-4-6-12/h2-6,11H,7-10H2,1H3. The van der Waals surface area contributed by atoms with Crippen LogP contribution < -0.4 is 0 Å². The fourth-order valence-electron chi connectivity index (χ4n) is 2.10. The van der Waals surface area contributed by atoms with Crippen LogP contribution in [0.1, 0.15) is 18.9 Å². The average Bonchev–Trinajstić information content (AvgIpc) is 2.25. The average molecular weight is 225 g/mol. The van der Waals surface area contributed by atoms with Crippen molar-refractivity contribution in [2.24, 2.45) is 5.92 Å². The lowest BCUT2D eigenvalue weighted by atomic mass is 9.94. The van der Waals surface area contributed by atoms with E-state index in [0.717, 1.165) is 12.1 Å². The number of nitrogens with zero attached hydrogens (tertiary/aromatic N) is 1. The monoisotopic (exact) mass is 225 g/mol. The van der Waals surface area contributed by atoms with Gasteiger partial charge in [-0.05, 0) is 18.5 Å². The molecular weight excluding hydrogens is 208 g/mol. The predicted octanol–water partition coefficient (Wildman–Crippen LogP) is 3.16. The summed E-state index contributed by atoms with van der Waals surface area (Å²) in [7, 11) is 0. The summed E-state index contributed by atoms with van der Waals surface area (Å²) in [6.45, 7) is 2.93. The fourth-order valence-corrected chi connectivity index (χ4v) is 2.10. The van der Waals surface area contributed by atoms with Crippen molar-refractivity contribution in [2.75, 3.05) is 13.1 Å². The van der Waals surface area contributed by atoms with E-state index in [-0.39, 0.29) is 6.54 Å². The van der Waals surface area contributed by atoms with Gasteiger partial charge in [0.15, 0.2) is 0 Å². The molecular formula is C13H17F2N. The highest BCUT2D eigenvalue weighted by atomic mass is 19.3. The van der Waals surface area contributed by atoms with Crippen LogP contribution >= 0.6 is 0 Å². The van der Waals surface area contributed by atoms with Gasteiger partial charge in [0.1, 0.15) is 0 Å². The molecule has 2 rings (SSSR count). The first-order valence-corrected chi connectivity index (χ1v) is 5.72. The summed E-state index contributed by atoms with van der Waals surface area (Å²) in [6, 6.07) is 9.79. The zero-order valence-electron chi connectivity index (χ0n) is 9.50. The number of halogens is 2. The van der Waals surface area contributed by atoms with E-state index in [1.807, 2.05) is 35.2 Å². The number of likely N-dealkylation sites (tertiary alicyclic amines) is 1. The van der Waals surface area contributed by atoms with Gasteiger partial charge in [-0.2, -0.15) is 0 Å². The van der Waals surface area contributed by atoms with Gasteiger partial charge in [-0.1, -0.05) is 37.3 Å². The summed E-state index contributed by atoms with van der Waals surface area (Å²) in [5, 5.41) is 0. The lowest BCUT2D eigenvalue weighted by Crippen LogP contribution is -2.47. The molecule has 0 aliphatic carbocycles. The largest absolute Gasteiger partial charge is 0.293 e. The third-order valence-electron chi connectivity index (χ3n) is 3.28. The molecule has 1 fully saturated rings. The summed E-state index contributed by atoms with van der Waals surface area (Å²) in [5.41, 5.74) is 1.10. The highest BCUT2D eigenvalue weighted by Gasteiger charge is 2.41. The molecule has 88 valence electrons. The van der Waals surface area contributed by atoms with Crippen molar-refractivity contribution in [3.05, 3.63) is 35.9 Å². The van der Waals surface area contributed by atoms with Gasteiger partial charge in [-0.15, -0.1) is 0 Å². The van der Waals surface area contributed by atoms with Crippen LogP contribution in [0.25, 0.3) is 0 Å². The topological polar surface area (TPSA) is 3.24 Å². The molecule has 1 heterocycles. The molecule has 1 aliphatic rings. The molecule has 1 aromatic carbocycles. The minimum atomic E-state index is -2.53. The van der Waals surface area contributed by atoms with E-state index in [2.05, 4.69) is 0 Å². The molecule has 1 unspecified atom stereocenters. The Bertz CT molecular complexity index is 337. The number of benzene rings is 1. The minimum Gasteiger partial charge on any atom is -0.293 e. The van der Waals surface area contributed by atoms with Gasteiger partial charge in [0.2, 0.25) is 0 Å². The van der Waals surface area contributed by atoms with Crippen molar-refractivity contribution in [3.63, 3.8) is 0 Å². The Morgan fingerprint density at radius 1 is 1.31 bits per heavy atom. The van der Waals surface area contributed by atoms with Gasteiger partial charge in [0.05, 0.1) is 6.54 Å². The molecule has 3 heteroatoms. The summed E-state index contributed by atoms with van der Waals surface area (Å²) in [4.78, 5) is 1.84. The van der Waals surface area contributed by atoms with Crippen LogP contribution in [-0.4, -0.2) is 23.9 Å². The zero-order valence-corrected chi connectivity index (χ0v) is 9.50. The van der Waals surface area contributed by atoms with Crippen LogP contribution in [0.2, 0.25) is 0 Å². The Morgan fingerprint density at radius 2 is 2.00 bits per heavy atom. The van der Waals surface area contributed by atoms with Crippen molar-refractivity contribution in [1.29, 1.82) is 0 Å².